The summed E-state index contributed by atoms with van der Waals surface area (Å²) in [5.74, 6) is -0.343. The molecule has 3 heteroatoms. The molecule has 1 rings (SSSR count). The van der Waals surface area contributed by atoms with Crippen molar-refractivity contribution in [3.8, 4) is 0 Å². The van der Waals surface area contributed by atoms with Crippen LogP contribution in [0.4, 0.5) is 0 Å². The van der Waals surface area contributed by atoms with Gasteiger partial charge in [-0.25, -0.2) is 4.79 Å². The molecule has 0 aliphatic rings. The second kappa shape index (κ2) is 5.50. The first kappa shape index (κ1) is 14.0. The van der Waals surface area contributed by atoms with Crippen LogP contribution in [0.25, 0.3) is 4.48 Å². The lowest BCUT2D eigenvalue weighted by Crippen LogP contribution is -2.22. The van der Waals surface area contributed by atoms with Gasteiger partial charge in [0, 0.05) is 10.6 Å². The van der Waals surface area contributed by atoms with Crippen LogP contribution >= 0.6 is 15.9 Å². The van der Waals surface area contributed by atoms with E-state index in [1.54, 1.807) is 0 Å². The minimum atomic E-state index is -0.464. The van der Waals surface area contributed by atoms with Crippen LogP contribution in [0.15, 0.2) is 30.3 Å². The summed E-state index contributed by atoms with van der Waals surface area (Å²) in [6.45, 7) is 7.56. The monoisotopic (exact) mass is 296 g/mol. The van der Waals surface area contributed by atoms with E-state index >= 15 is 0 Å². The number of hydrogen-bond acceptors (Lipinski definition) is 2. The van der Waals surface area contributed by atoms with Gasteiger partial charge in [0.25, 0.3) is 0 Å². The van der Waals surface area contributed by atoms with Crippen LogP contribution in [0.1, 0.15) is 31.9 Å². The van der Waals surface area contributed by atoms with Gasteiger partial charge >= 0.3 is 5.97 Å². The van der Waals surface area contributed by atoms with Crippen LogP contribution in [0, 0.1) is 6.92 Å². The Hall–Kier alpha value is -1.09. The summed E-state index contributed by atoms with van der Waals surface area (Å²) in [5.41, 5.74) is 1.68. The number of benzene rings is 1. The molecule has 2 nitrogen and oxygen atoms in total. The van der Waals surface area contributed by atoms with Crippen molar-refractivity contribution >= 4 is 26.4 Å². The molecule has 0 radical (unpaired) electrons. The molecule has 0 spiro atoms. The van der Waals surface area contributed by atoms with Crippen LogP contribution in [0.2, 0.25) is 0 Å². The van der Waals surface area contributed by atoms with E-state index in [1.165, 1.54) is 11.6 Å². The highest BCUT2D eigenvalue weighted by Gasteiger charge is 2.15. The molecule has 0 aliphatic heterocycles. The zero-order valence-corrected chi connectivity index (χ0v) is 12.2. The van der Waals surface area contributed by atoms with Crippen molar-refractivity contribution in [2.75, 3.05) is 0 Å². The topological polar surface area (TPSA) is 26.3 Å². The summed E-state index contributed by atoms with van der Waals surface area (Å²) in [5, 5.41) is 0. The van der Waals surface area contributed by atoms with E-state index in [1.807, 2.05) is 52.0 Å². The van der Waals surface area contributed by atoms with Crippen molar-refractivity contribution < 1.29 is 9.53 Å². The van der Waals surface area contributed by atoms with Gasteiger partial charge < -0.3 is 4.74 Å². The minimum absolute atomic E-state index is 0.343. The molecule has 1 aromatic rings. The predicted octanol–water partition coefficient (Wildman–Crippen LogP) is 4.07. The fourth-order valence-electron chi connectivity index (χ4n) is 1.23. The summed E-state index contributed by atoms with van der Waals surface area (Å²) < 4.78 is 5.94. The molecule has 0 amide bonds. The van der Waals surface area contributed by atoms with Crippen LogP contribution in [0.5, 0.6) is 0 Å². The number of esters is 1. The van der Waals surface area contributed by atoms with E-state index in [2.05, 4.69) is 15.9 Å². The third-order valence-corrected chi connectivity index (χ3v) is 2.67. The Morgan fingerprint density at radius 3 is 2.24 bits per heavy atom. The zero-order valence-electron chi connectivity index (χ0n) is 10.6. The average Bonchev–Trinajstić information content (AvgIpc) is 2.15. The minimum Gasteiger partial charge on any atom is -0.457 e. The molecule has 92 valence electrons. The molecule has 0 bridgehead atoms. The van der Waals surface area contributed by atoms with Gasteiger partial charge in [0.15, 0.2) is 0 Å². The Kier molecular flexibility index (Phi) is 4.52. The van der Waals surface area contributed by atoms with Gasteiger partial charge in [-0.1, -0.05) is 29.8 Å². The Morgan fingerprint density at radius 2 is 1.76 bits per heavy atom. The van der Waals surface area contributed by atoms with Gasteiger partial charge in [0.1, 0.15) is 5.60 Å². The molecule has 0 unspecified atom stereocenters. The first-order valence-corrected chi connectivity index (χ1v) is 6.24. The van der Waals surface area contributed by atoms with Gasteiger partial charge in [-0.2, -0.15) is 0 Å². The largest absolute Gasteiger partial charge is 0.457 e. The van der Waals surface area contributed by atoms with Crippen molar-refractivity contribution in [3.63, 3.8) is 0 Å². The second-order valence-electron chi connectivity index (χ2n) is 4.89. The normalized spacial score (nSPS) is 12.4. The van der Waals surface area contributed by atoms with Crippen LogP contribution in [-0.4, -0.2) is 11.6 Å². The SMILES string of the molecule is Cc1ccc(/C(Br)=C/C(=O)OC(C)(C)C)cc1. The zero-order chi connectivity index (χ0) is 13.1. The average molecular weight is 297 g/mol. The Morgan fingerprint density at radius 1 is 1.24 bits per heavy atom. The molecule has 0 N–H and O–H groups in total. The number of aryl methyl sites for hydroxylation is 1. The molecule has 0 aliphatic carbocycles. The molecular weight excluding hydrogens is 280 g/mol. The molecule has 0 saturated heterocycles. The summed E-state index contributed by atoms with van der Waals surface area (Å²) in [6.07, 6.45) is 1.45. The fraction of sp³-hybridized carbons (Fsp3) is 0.357. The van der Waals surface area contributed by atoms with E-state index in [9.17, 15) is 4.79 Å². The van der Waals surface area contributed by atoms with Gasteiger partial charge in [0.05, 0.1) is 0 Å². The maximum atomic E-state index is 11.6. The van der Waals surface area contributed by atoms with Crippen molar-refractivity contribution in [1.29, 1.82) is 0 Å². The van der Waals surface area contributed by atoms with Crippen molar-refractivity contribution in [1.82, 2.24) is 0 Å². The predicted molar refractivity (Wildman–Crippen MR) is 73.9 cm³/mol. The highest BCUT2D eigenvalue weighted by Crippen LogP contribution is 2.22. The standard InChI is InChI=1S/C14H17BrO2/c1-10-5-7-11(8-6-10)12(15)9-13(16)17-14(2,3)4/h5-9H,1-4H3/b12-9-. The lowest BCUT2D eigenvalue weighted by Gasteiger charge is -2.18. The fourth-order valence-corrected chi connectivity index (χ4v) is 1.68. The van der Waals surface area contributed by atoms with Gasteiger partial charge in [-0.15, -0.1) is 0 Å². The Balaban J connectivity index is 2.79. The Labute approximate surface area is 111 Å². The van der Waals surface area contributed by atoms with E-state index in [-0.39, 0.29) is 5.97 Å². The summed E-state index contributed by atoms with van der Waals surface area (Å²) >= 11 is 3.38. The van der Waals surface area contributed by atoms with Crippen molar-refractivity contribution in [2.24, 2.45) is 0 Å². The number of carbonyl (C=O) groups excluding carboxylic acids is 1. The maximum Gasteiger partial charge on any atom is 0.332 e. The molecule has 0 fully saturated rings. The number of halogens is 1. The second-order valence-corrected chi connectivity index (χ2v) is 5.75. The van der Waals surface area contributed by atoms with Crippen molar-refractivity contribution in [3.05, 3.63) is 41.5 Å². The molecule has 0 heterocycles. The number of carbonyl (C=O) groups is 1. The van der Waals surface area contributed by atoms with E-state index in [0.717, 1.165) is 10.0 Å². The first-order chi connectivity index (χ1) is 7.78. The summed E-state index contributed by atoms with van der Waals surface area (Å²) in [7, 11) is 0. The molecule has 1 aromatic carbocycles. The summed E-state index contributed by atoms with van der Waals surface area (Å²) in [4.78, 5) is 11.6. The van der Waals surface area contributed by atoms with E-state index in [4.69, 9.17) is 4.74 Å². The lowest BCUT2D eigenvalue weighted by molar-refractivity contribution is -0.148. The summed E-state index contributed by atoms with van der Waals surface area (Å²) in [6, 6.07) is 7.92. The molecular formula is C14H17BrO2. The highest BCUT2D eigenvalue weighted by atomic mass is 79.9. The first-order valence-electron chi connectivity index (χ1n) is 5.45. The van der Waals surface area contributed by atoms with E-state index < -0.39 is 5.60 Å². The molecule has 0 aromatic heterocycles. The third-order valence-electron chi connectivity index (χ3n) is 1.98. The number of rotatable bonds is 2. The van der Waals surface area contributed by atoms with Crippen LogP contribution in [-0.2, 0) is 9.53 Å². The molecule has 0 saturated carbocycles. The van der Waals surface area contributed by atoms with E-state index in [0.29, 0.717) is 0 Å². The van der Waals surface area contributed by atoms with Gasteiger partial charge in [-0.3, -0.25) is 0 Å². The van der Waals surface area contributed by atoms with Gasteiger partial charge in [-0.05, 0) is 49.2 Å². The van der Waals surface area contributed by atoms with Crippen molar-refractivity contribution in [2.45, 2.75) is 33.3 Å². The Bertz CT molecular complexity index is 425. The highest BCUT2D eigenvalue weighted by molar-refractivity contribution is 9.15. The van der Waals surface area contributed by atoms with Gasteiger partial charge in [0.2, 0.25) is 0 Å². The number of ether oxygens (including phenoxy) is 1. The third kappa shape index (κ3) is 5.18. The number of hydrogen-bond donors (Lipinski definition) is 0. The van der Waals surface area contributed by atoms with Crippen LogP contribution in [0.3, 0.4) is 0 Å². The lowest BCUT2D eigenvalue weighted by atomic mass is 10.1. The maximum absolute atomic E-state index is 11.6. The quantitative estimate of drug-likeness (QED) is 0.607. The smallest absolute Gasteiger partial charge is 0.332 e. The molecule has 0 atom stereocenters. The van der Waals surface area contributed by atoms with Crippen LogP contribution < -0.4 is 0 Å². The molecule has 17 heavy (non-hydrogen) atoms.